The summed E-state index contributed by atoms with van der Waals surface area (Å²) in [6.45, 7) is 2.56. The van der Waals surface area contributed by atoms with Crippen LogP contribution in [0.1, 0.15) is 6.92 Å². The van der Waals surface area contributed by atoms with Crippen LogP contribution in [0, 0.1) is 0 Å². The number of rotatable bonds is 4. The van der Waals surface area contributed by atoms with Gasteiger partial charge in [0.15, 0.2) is 0 Å². The molecule has 0 atom stereocenters. The molecule has 24 heavy (non-hydrogen) atoms. The molecule has 0 aliphatic carbocycles. The molecule has 0 radical (unpaired) electrons. The number of benzene rings is 1. The Bertz CT molecular complexity index is 850. The number of hydrogen-bond acceptors (Lipinski definition) is 7. The first-order valence-electron chi connectivity index (χ1n) is 7.09. The summed E-state index contributed by atoms with van der Waals surface area (Å²) in [6, 6.07) is 7.88. The number of carbonyl (C=O) groups is 1. The number of carbonyl (C=O) groups excluding carboxylic acids is 1. The van der Waals surface area contributed by atoms with Crippen molar-refractivity contribution in [3.05, 3.63) is 34.2 Å². The van der Waals surface area contributed by atoms with Gasteiger partial charge < -0.3 is 4.90 Å². The second-order valence-corrected chi connectivity index (χ2v) is 9.31. The first-order chi connectivity index (χ1) is 11.3. The normalized spacial score (nSPS) is 20.9. The Morgan fingerprint density at radius 3 is 2.58 bits per heavy atom. The molecule has 1 fully saturated rings. The van der Waals surface area contributed by atoms with Crippen LogP contribution in [-0.2, 0) is 14.9 Å². The third-order valence-electron chi connectivity index (χ3n) is 3.54. The largest absolute Gasteiger partial charge is 0.334 e. The molecule has 0 bridgehead atoms. The molecule has 10 heteroatoms. The topological polar surface area (TPSA) is 77.9 Å². The summed E-state index contributed by atoms with van der Waals surface area (Å²) in [6.07, 6.45) is 0. The summed E-state index contributed by atoms with van der Waals surface area (Å²) < 4.78 is 31.0. The highest BCUT2D eigenvalue weighted by atomic mass is 32.2. The van der Waals surface area contributed by atoms with E-state index in [0.717, 1.165) is 15.6 Å². The fourth-order valence-electron chi connectivity index (χ4n) is 2.44. The van der Waals surface area contributed by atoms with Crippen molar-refractivity contribution in [1.82, 2.24) is 4.90 Å². The van der Waals surface area contributed by atoms with E-state index in [2.05, 4.69) is 4.90 Å². The fourth-order valence-corrected chi connectivity index (χ4v) is 5.54. The lowest BCUT2D eigenvalue weighted by atomic mass is 10.3. The summed E-state index contributed by atoms with van der Waals surface area (Å²) >= 11 is 7.88. The summed E-state index contributed by atoms with van der Waals surface area (Å²) in [5, 5.41) is 0.811. The molecular formula is C14H14N2O4S4. The third-order valence-corrected chi connectivity index (χ3v) is 6.99. The monoisotopic (exact) mass is 402 g/mol. The van der Waals surface area contributed by atoms with Crippen LogP contribution in [0.5, 0.6) is 0 Å². The van der Waals surface area contributed by atoms with Gasteiger partial charge in [0.25, 0.3) is 16.0 Å². The van der Waals surface area contributed by atoms with E-state index in [-0.39, 0.29) is 12.5 Å². The van der Waals surface area contributed by atoms with Gasteiger partial charge in [-0.25, -0.2) is 0 Å². The van der Waals surface area contributed by atoms with Crippen molar-refractivity contribution in [2.75, 3.05) is 23.7 Å². The van der Waals surface area contributed by atoms with Crippen LogP contribution in [-0.4, -0.2) is 46.9 Å². The van der Waals surface area contributed by atoms with Gasteiger partial charge in [0.2, 0.25) is 0 Å². The highest BCUT2D eigenvalue weighted by Crippen LogP contribution is 2.50. The summed E-state index contributed by atoms with van der Waals surface area (Å²) in [7, 11) is -4.15. The number of thiocarbonyl (C=S) groups is 1. The maximum atomic E-state index is 12.7. The molecule has 6 nitrogen and oxygen atoms in total. The molecule has 2 aliphatic rings. The Morgan fingerprint density at radius 2 is 1.92 bits per heavy atom. The molecule has 3 rings (SSSR count). The van der Waals surface area contributed by atoms with Crippen LogP contribution >= 0.6 is 35.7 Å². The SMILES string of the molecule is CCN1C(=C2SC(=S)N(CCS(=O)(=O)O)C2=O)Sc2ccccc21. The van der Waals surface area contributed by atoms with E-state index in [1.165, 1.54) is 28.4 Å². The van der Waals surface area contributed by atoms with Crippen molar-refractivity contribution in [3.63, 3.8) is 0 Å². The highest BCUT2D eigenvalue weighted by molar-refractivity contribution is 8.27. The lowest BCUT2D eigenvalue weighted by Crippen LogP contribution is -2.33. The van der Waals surface area contributed by atoms with Crippen LogP contribution in [0.3, 0.4) is 0 Å². The third kappa shape index (κ3) is 3.33. The van der Waals surface area contributed by atoms with Crippen LogP contribution in [0.15, 0.2) is 39.1 Å². The lowest BCUT2D eigenvalue weighted by molar-refractivity contribution is -0.122. The molecule has 0 aromatic heterocycles. The molecule has 1 aromatic rings. The zero-order valence-corrected chi connectivity index (χ0v) is 15.9. The highest BCUT2D eigenvalue weighted by Gasteiger charge is 2.38. The standard InChI is InChI=1S/C14H14N2O4S4/c1-2-15-9-5-3-4-6-10(9)22-13(15)11-12(17)16(14(21)23-11)7-8-24(18,19)20/h3-6H,2,7-8H2,1H3,(H,18,19,20). The van der Waals surface area contributed by atoms with Gasteiger partial charge in [-0.1, -0.05) is 47.9 Å². The molecule has 128 valence electrons. The van der Waals surface area contributed by atoms with Crippen molar-refractivity contribution >= 4 is 61.8 Å². The smallest absolute Gasteiger partial charge is 0.268 e. The molecule has 2 aliphatic heterocycles. The van der Waals surface area contributed by atoms with Gasteiger partial charge in [-0.15, -0.1) is 0 Å². The van der Waals surface area contributed by atoms with Gasteiger partial charge in [0.05, 0.1) is 11.4 Å². The Balaban J connectivity index is 1.91. The van der Waals surface area contributed by atoms with Crippen molar-refractivity contribution in [2.45, 2.75) is 11.8 Å². The predicted octanol–water partition coefficient (Wildman–Crippen LogP) is 2.54. The van der Waals surface area contributed by atoms with Gasteiger partial charge in [-0.3, -0.25) is 14.2 Å². The molecule has 1 saturated heterocycles. The maximum Gasteiger partial charge on any atom is 0.268 e. The predicted molar refractivity (Wildman–Crippen MR) is 101 cm³/mol. The molecule has 0 unspecified atom stereocenters. The van der Waals surface area contributed by atoms with Gasteiger partial charge in [0.1, 0.15) is 14.3 Å². The van der Waals surface area contributed by atoms with E-state index in [4.69, 9.17) is 16.8 Å². The fraction of sp³-hybridized carbons (Fsp3) is 0.286. The van der Waals surface area contributed by atoms with E-state index in [1.54, 1.807) is 0 Å². The summed E-state index contributed by atoms with van der Waals surface area (Å²) in [5.41, 5.74) is 1.04. The van der Waals surface area contributed by atoms with Crippen molar-refractivity contribution in [3.8, 4) is 0 Å². The van der Waals surface area contributed by atoms with Gasteiger partial charge in [0, 0.05) is 18.0 Å². The summed E-state index contributed by atoms with van der Waals surface area (Å²) in [4.78, 5) is 17.5. The Morgan fingerprint density at radius 1 is 1.21 bits per heavy atom. The summed E-state index contributed by atoms with van der Waals surface area (Å²) in [5.74, 6) is -0.852. The number of nitrogens with zero attached hydrogens (tertiary/aromatic N) is 2. The number of hydrogen-bond donors (Lipinski definition) is 1. The number of anilines is 1. The second-order valence-electron chi connectivity index (χ2n) is 5.06. The minimum atomic E-state index is -4.15. The van der Waals surface area contributed by atoms with Crippen LogP contribution in [0.2, 0.25) is 0 Å². The van der Waals surface area contributed by atoms with Crippen molar-refractivity contribution in [2.24, 2.45) is 0 Å². The van der Waals surface area contributed by atoms with Gasteiger partial charge in [-0.05, 0) is 19.1 Å². The molecule has 0 saturated carbocycles. The molecule has 1 amide bonds. The minimum Gasteiger partial charge on any atom is -0.334 e. The first kappa shape index (κ1) is 17.7. The molecular weight excluding hydrogens is 388 g/mol. The molecule has 0 spiro atoms. The van der Waals surface area contributed by atoms with Crippen LogP contribution < -0.4 is 4.90 Å². The first-order valence-corrected chi connectivity index (χ1v) is 10.7. The Labute approximate surface area is 154 Å². The Kier molecular flexibility index (Phi) is 4.94. The van der Waals surface area contributed by atoms with Gasteiger partial charge in [-0.2, -0.15) is 8.42 Å². The minimum absolute atomic E-state index is 0.149. The lowest BCUT2D eigenvalue weighted by Gasteiger charge is -2.19. The molecule has 2 heterocycles. The molecule has 1 aromatic carbocycles. The van der Waals surface area contributed by atoms with E-state index in [1.807, 2.05) is 31.2 Å². The average Bonchev–Trinajstić information content (AvgIpc) is 3.02. The van der Waals surface area contributed by atoms with Crippen LogP contribution in [0.4, 0.5) is 5.69 Å². The number of fused-ring (bicyclic) bond motifs is 1. The number of thioether (sulfide) groups is 2. The quantitative estimate of drug-likeness (QED) is 0.468. The maximum absolute atomic E-state index is 12.7. The number of amides is 1. The zero-order valence-electron chi connectivity index (χ0n) is 12.6. The number of para-hydroxylation sites is 1. The van der Waals surface area contributed by atoms with E-state index in [0.29, 0.717) is 15.8 Å². The average molecular weight is 403 g/mol. The van der Waals surface area contributed by atoms with Gasteiger partial charge >= 0.3 is 0 Å². The van der Waals surface area contributed by atoms with E-state index < -0.39 is 15.9 Å². The van der Waals surface area contributed by atoms with E-state index >= 15 is 0 Å². The zero-order chi connectivity index (χ0) is 17.5. The van der Waals surface area contributed by atoms with E-state index in [9.17, 15) is 13.2 Å². The van der Waals surface area contributed by atoms with Crippen molar-refractivity contribution < 1.29 is 17.8 Å². The molecule has 1 N–H and O–H groups in total. The Hall–Kier alpha value is -1.07. The van der Waals surface area contributed by atoms with Crippen molar-refractivity contribution in [1.29, 1.82) is 0 Å². The second kappa shape index (κ2) is 6.68. The van der Waals surface area contributed by atoms with Crippen LogP contribution in [0.25, 0.3) is 0 Å².